The summed E-state index contributed by atoms with van der Waals surface area (Å²) in [5, 5.41) is 1.20. The number of hydrogen-bond donors (Lipinski definition) is 0. The van der Waals surface area contributed by atoms with E-state index in [0.717, 1.165) is 30.2 Å². The SMILES string of the molecule is Cc1ccc2nc(C)nc(N3CCCCC3)c2c1. The zero-order valence-corrected chi connectivity index (χ0v) is 11.1. The normalized spacial score (nSPS) is 16.2. The van der Waals surface area contributed by atoms with Crippen LogP contribution >= 0.6 is 0 Å². The number of aromatic nitrogens is 2. The minimum Gasteiger partial charge on any atom is -0.356 e. The lowest BCUT2D eigenvalue weighted by atomic mass is 10.1. The van der Waals surface area contributed by atoms with Gasteiger partial charge in [-0.3, -0.25) is 0 Å². The fourth-order valence-corrected chi connectivity index (χ4v) is 2.69. The molecule has 2 aromatic rings. The highest BCUT2D eigenvalue weighted by atomic mass is 15.2. The van der Waals surface area contributed by atoms with E-state index in [1.54, 1.807) is 0 Å². The first-order valence-corrected chi connectivity index (χ1v) is 6.74. The number of aryl methyl sites for hydroxylation is 2. The van der Waals surface area contributed by atoms with Gasteiger partial charge in [-0.2, -0.15) is 0 Å². The van der Waals surface area contributed by atoms with E-state index in [1.807, 2.05) is 6.92 Å². The topological polar surface area (TPSA) is 29.0 Å². The van der Waals surface area contributed by atoms with E-state index in [0.29, 0.717) is 0 Å². The zero-order valence-electron chi connectivity index (χ0n) is 11.1. The predicted octanol–water partition coefficient (Wildman–Crippen LogP) is 3.24. The summed E-state index contributed by atoms with van der Waals surface area (Å²) in [6, 6.07) is 6.43. The van der Waals surface area contributed by atoms with E-state index in [4.69, 9.17) is 0 Å². The van der Waals surface area contributed by atoms with E-state index < -0.39 is 0 Å². The molecule has 0 radical (unpaired) electrons. The average molecular weight is 241 g/mol. The van der Waals surface area contributed by atoms with Gasteiger partial charge in [-0.05, 0) is 45.2 Å². The number of benzene rings is 1. The first-order valence-electron chi connectivity index (χ1n) is 6.74. The molecule has 0 amide bonds. The Bertz CT molecular complexity index is 571. The van der Waals surface area contributed by atoms with Crippen LogP contribution in [-0.4, -0.2) is 23.1 Å². The van der Waals surface area contributed by atoms with Crippen LogP contribution in [0.2, 0.25) is 0 Å². The summed E-state index contributed by atoms with van der Waals surface area (Å²) < 4.78 is 0. The zero-order chi connectivity index (χ0) is 12.5. The molecule has 3 heteroatoms. The number of piperidine rings is 1. The minimum absolute atomic E-state index is 0.868. The monoisotopic (exact) mass is 241 g/mol. The Balaban J connectivity index is 2.16. The Morgan fingerprint density at radius 1 is 1.00 bits per heavy atom. The average Bonchev–Trinajstić information content (AvgIpc) is 2.39. The van der Waals surface area contributed by atoms with E-state index in [9.17, 15) is 0 Å². The second-order valence-corrected chi connectivity index (χ2v) is 5.16. The summed E-state index contributed by atoms with van der Waals surface area (Å²) in [7, 11) is 0. The molecule has 94 valence electrons. The molecule has 0 saturated carbocycles. The highest BCUT2D eigenvalue weighted by Crippen LogP contribution is 2.27. The quantitative estimate of drug-likeness (QED) is 0.767. The highest BCUT2D eigenvalue weighted by Gasteiger charge is 2.16. The molecular weight excluding hydrogens is 222 g/mol. The van der Waals surface area contributed by atoms with Crippen LogP contribution in [0.4, 0.5) is 5.82 Å². The summed E-state index contributed by atoms with van der Waals surface area (Å²) >= 11 is 0. The number of fused-ring (bicyclic) bond motifs is 1. The number of anilines is 1. The van der Waals surface area contributed by atoms with Crippen molar-refractivity contribution >= 4 is 16.7 Å². The van der Waals surface area contributed by atoms with Crippen molar-refractivity contribution < 1.29 is 0 Å². The summed E-state index contributed by atoms with van der Waals surface area (Å²) in [6.07, 6.45) is 3.89. The molecule has 1 aromatic heterocycles. The molecule has 0 bridgehead atoms. The lowest BCUT2D eigenvalue weighted by Crippen LogP contribution is -2.30. The summed E-state index contributed by atoms with van der Waals surface area (Å²) in [6.45, 7) is 6.35. The molecule has 0 N–H and O–H groups in total. The molecule has 1 saturated heterocycles. The molecule has 0 spiro atoms. The molecule has 2 heterocycles. The van der Waals surface area contributed by atoms with Gasteiger partial charge in [-0.15, -0.1) is 0 Å². The molecule has 0 atom stereocenters. The molecule has 0 unspecified atom stereocenters. The molecule has 0 aliphatic carbocycles. The van der Waals surface area contributed by atoms with Crippen molar-refractivity contribution in [2.75, 3.05) is 18.0 Å². The van der Waals surface area contributed by atoms with Crippen molar-refractivity contribution in [2.45, 2.75) is 33.1 Å². The Morgan fingerprint density at radius 3 is 2.56 bits per heavy atom. The molecule has 1 fully saturated rings. The van der Waals surface area contributed by atoms with Crippen molar-refractivity contribution in [2.24, 2.45) is 0 Å². The predicted molar refractivity (Wildman–Crippen MR) is 75.1 cm³/mol. The Morgan fingerprint density at radius 2 is 1.78 bits per heavy atom. The number of nitrogens with zero attached hydrogens (tertiary/aromatic N) is 3. The molecule has 1 aromatic carbocycles. The fourth-order valence-electron chi connectivity index (χ4n) is 2.69. The Labute approximate surface area is 108 Å². The van der Waals surface area contributed by atoms with Gasteiger partial charge in [0.1, 0.15) is 11.6 Å². The van der Waals surface area contributed by atoms with Crippen molar-refractivity contribution in [3.05, 3.63) is 29.6 Å². The number of hydrogen-bond acceptors (Lipinski definition) is 3. The lowest BCUT2D eigenvalue weighted by Gasteiger charge is -2.28. The van der Waals surface area contributed by atoms with E-state index in [2.05, 4.69) is 40.0 Å². The molecule has 1 aliphatic heterocycles. The Kier molecular flexibility index (Phi) is 2.90. The van der Waals surface area contributed by atoms with E-state index >= 15 is 0 Å². The van der Waals surface area contributed by atoms with Crippen molar-refractivity contribution in [3.8, 4) is 0 Å². The smallest absolute Gasteiger partial charge is 0.140 e. The van der Waals surface area contributed by atoms with Gasteiger partial charge in [0, 0.05) is 18.5 Å². The van der Waals surface area contributed by atoms with Gasteiger partial charge in [-0.1, -0.05) is 11.6 Å². The van der Waals surface area contributed by atoms with Crippen LogP contribution in [-0.2, 0) is 0 Å². The second kappa shape index (κ2) is 4.56. The maximum absolute atomic E-state index is 4.68. The Hall–Kier alpha value is -1.64. The van der Waals surface area contributed by atoms with Crippen molar-refractivity contribution in [3.63, 3.8) is 0 Å². The standard InChI is InChI=1S/C15H19N3/c1-11-6-7-14-13(10-11)15(17-12(2)16-14)18-8-4-3-5-9-18/h6-7,10H,3-5,8-9H2,1-2H3. The van der Waals surface area contributed by atoms with Gasteiger partial charge in [0.25, 0.3) is 0 Å². The van der Waals surface area contributed by atoms with Gasteiger partial charge in [-0.25, -0.2) is 9.97 Å². The van der Waals surface area contributed by atoms with Crippen LogP contribution in [0.5, 0.6) is 0 Å². The van der Waals surface area contributed by atoms with Gasteiger partial charge < -0.3 is 4.90 Å². The van der Waals surface area contributed by atoms with Crippen LogP contribution < -0.4 is 4.90 Å². The molecule has 18 heavy (non-hydrogen) atoms. The summed E-state index contributed by atoms with van der Waals surface area (Å²) in [4.78, 5) is 11.6. The van der Waals surface area contributed by atoms with Crippen molar-refractivity contribution in [1.29, 1.82) is 0 Å². The van der Waals surface area contributed by atoms with Crippen LogP contribution in [0.3, 0.4) is 0 Å². The van der Waals surface area contributed by atoms with Crippen LogP contribution in [0.25, 0.3) is 10.9 Å². The second-order valence-electron chi connectivity index (χ2n) is 5.16. The molecular formula is C15H19N3. The number of rotatable bonds is 1. The van der Waals surface area contributed by atoms with Crippen molar-refractivity contribution in [1.82, 2.24) is 9.97 Å². The van der Waals surface area contributed by atoms with Gasteiger partial charge >= 0.3 is 0 Å². The van der Waals surface area contributed by atoms with Crippen LogP contribution in [0.15, 0.2) is 18.2 Å². The van der Waals surface area contributed by atoms with E-state index in [-0.39, 0.29) is 0 Å². The molecule has 1 aliphatic rings. The van der Waals surface area contributed by atoms with Gasteiger partial charge in [0.2, 0.25) is 0 Å². The highest BCUT2D eigenvalue weighted by molar-refractivity contribution is 5.90. The lowest BCUT2D eigenvalue weighted by molar-refractivity contribution is 0.574. The van der Waals surface area contributed by atoms with E-state index in [1.165, 1.54) is 30.2 Å². The summed E-state index contributed by atoms with van der Waals surface area (Å²) in [5.41, 5.74) is 2.34. The molecule has 3 nitrogen and oxygen atoms in total. The van der Waals surface area contributed by atoms with Gasteiger partial charge in [0.15, 0.2) is 0 Å². The third kappa shape index (κ3) is 2.05. The fraction of sp³-hybridized carbons (Fsp3) is 0.467. The first-order chi connectivity index (χ1) is 8.74. The maximum atomic E-state index is 4.68. The first kappa shape index (κ1) is 11.5. The third-order valence-electron chi connectivity index (χ3n) is 3.60. The third-order valence-corrected chi connectivity index (χ3v) is 3.60. The van der Waals surface area contributed by atoms with Gasteiger partial charge in [0.05, 0.1) is 5.52 Å². The minimum atomic E-state index is 0.868. The maximum Gasteiger partial charge on any atom is 0.140 e. The van der Waals surface area contributed by atoms with Crippen LogP contribution in [0, 0.1) is 13.8 Å². The largest absolute Gasteiger partial charge is 0.356 e. The summed E-state index contributed by atoms with van der Waals surface area (Å²) in [5.74, 6) is 1.99. The van der Waals surface area contributed by atoms with Crippen LogP contribution in [0.1, 0.15) is 30.7 Å². The molecule has 3 rings (SSSR count).